The maximum Gasteiger partial charge on any atom is 0.293 e. The Labute approximate surface area is 187 Å². The Kier molecular flexibility index (Phi) is 4.81. The van der Waals surface area contributed by atoms with E-state index in [-0.39, 0.29) is 22.0 Å². The van der Waals surface area contributed by atoms with Crippen LogP contribution in [0.25, 0.3) is 17.2 Å². The van der Waals surface area contributed by atoms with Gasteiger partial charge in [-0.3, -0.25) is 9.59 Å². The Balaban J connectivity index is 1.58. The molecule has 3 aliphatic rings. The Bertz CT molecular complexity index is 1300. The van der Waals surface area contributed by atoms with Crippen molar-refractivity contribution in [3.63, 3.8) is 0 Å². The van der Waals surface area contributed by atoms with Gasteiger partial charge in [-0.05, 0) is 49.4 Å². The summed E-state index contributed by atoms with van der Waals surface area (Å²) in [7, 11) is -1.66. The van der Waals surface area contributed by atoms with E-state index in [4.69, 9.17) is 4.74 Å². The molecule has 0 radical (unpaired) electrons. The summed E-state index contributed by atoms with van der Waals surface area (Å²) in [5.74, 6) is 0. The van der Waals surface area contributed by atoms with Gasteiger partial charge in [0.2, 0.25) is 0 Å². The molecule has 168 valence electrons. The fraction of sp³-hybridized carbons (Fsp3) is 0.417. The van der Waals surface area contributed by atoms with E-state index in [2.05, 4.69) is 4.90 Å². The lowest BCUT2D eigenvalue weighted by molar-refractivity contribution is -0.131. The number of aromatic nitrogens is 1. The van der Waals surface area contributed by atoms with Crippen LogP contribution in [0.1, 0.15) is 30.4 Å². The average molecular weight is 455 g/mol. The Morgan fingerprint density at radius 2 is 1.94 bits per heavy atom. The van der Waals surface area contributed by atoms with Crippen molar-refractivity contribution in [2.75, 3.05) is 24.2 Å². The number of anilines is 1. The molecule has 0 N–H and O–H groups in total. The maximum absolute atomic E-state index is 12.6. The van der Waals surface area contributed by atoms with Gasteiger partial charge >= 0.3 is 0 Å². The Morgan fingerprint density at radius 3 is 2.62 bits per heavy atom. The molecule has 1 saturated carbocycles. The molecule has 2 aliphatic carbocycles. The number of carbonyl (C=O) groups is 1. The minimum atomic E-state index is -3.39. The first-order valence-electron chi connectivity index (χ1n) is 10.8. The summed E-state index contributed by atoms with van der Waals surface area (Å²) in [6.45, 7) is 2.14. The zero-order valence-corrected chi connectivity index (χ0v) is 19.0. The molecule has 5 rings (SSSR count). The predicted octanol–water partition coefficient (Wildman–Crippen LogP) is 2.56. The molecule has 2 fully saturated rings. The summed E-state index contributed by atoms with van der Waals surface area (Å²) in [6, 6.07) is 5.27. The third kappa shape index (κ3) is 3.37. The first-order chi connectivity index (χ1) is 15.2. The number of piperidine rings is 1. The molecule has 1 spiro atoms. The van der Waals surface area contributed by atoms with Crippen LogP contribution in [0, 0.1) is 5.41 Å². The van der Waals surface area contributed by atoms with Gasteiger partial charge in [0.05, 0.1) is 4.90 Å². The van der Waals surface area contributed by atoms with Crippen molar-refractivity contribution < 1.29 is 17.9 Å². The van der Waals surface area contributed by atoms with E-state index in [9.17, 15) is 18.0 Å². The fourth-order valence-electron chi connectivity index (χ4n) is 5.24. The normalized spacial score (nSPS) is 20.9. The lowest BCUT2D eigenvalue weighted by Crippen LogP contribution is -2.36. The van der Waals surface area contributed by atoms with Crippen molar-refractivity contribution in [3.8, 4) is 11.1 Å². The Hall–Kier alpha value is -2.87. The number of aryl methyl sites for hydroxylation is 1. The van der Waals surface area contributed by atoms with Crippen LogP contribution in [0.15, 0.2) is 40.2 Å². The minimum Gasteiger partial charge on any atom is -0.464 e. The number of pyridine rings is 1. The summed E-state index contributed by atoms with van der Waals surface area (Å²) >= 11 is 0. The van der Waals surface area contributed by atoms with Gasteiger partial charge in [-0.25, -0.2) is 8.42 Å². The third-order valence-electron chi connectivity index (χ3n) is 7.24. The van der Waals surface area contributed by atoms with Crippen LogP contribution in [-0.4, -0.2) is 44.9 Å². The highest BCUT2D eigenvalue weighted by molar-refractivity contribution is 7.90. The summed E-state index contributed by atoms with van der Waals surface area (Å²) in [5, 5.41) is 0. The van der Waals surface area contributed by atoms with Gasteiger partial charge in [0.15, 0.2) is 9.84 Å². The van der Waals surface area contributed by atoms with Gasteiger partial charge in [0.25, 0.3) is 12.0 Å². The second-order valence-electron chi connectivity index (χ2n) is 9.18. The first kappa shape index (κ1) is 21.0. The molecule has 1 aliphatic heterocycles. The lowest BCUT2D eigenvalue weighted by Gasteiger charge is -2.35. The second kappa shape index (κ2) is 7.33. The molecule has 0 bridgehead atoms. The van der Waals surface area contributed by atoms with E-state index >= 15 is 0 Å². The van der Waals surface area contributed by atoms with E-state index < -0.39 is 9.84 Å². The number of benzene rings is 1. The van der Waals surface area contributed by atoms with Crippen LogP contribution in [0.3, 0.4) is 0 Å². The largest absolute Gasteiger partial charge is 0.464 e. The molecule has 7 nitrogen and oxygen atoms in total. The van der Waals surface area contributed by atoms with Crippen molar-refractivity contribution in [1.82, 2.24) is 4.57 Å². The molecule has 8 heteroatoms. The predicted molar refractivity (Wildman–Crippen MR) is 122 cm³/mol. The van der Waals surface area contributed by atoms with Gasteiger partial charge < -0.3 is 14.2 Å². The highest BCUT2D eigenvalue weighted by Gasteiger charge is 2.57. The van der Waals surface area contributed by atoms with Crippen LogP contribution in [0.4, 0.5) is 5.69 Å². The van der Waals surface area contributed by atoms with Gasteiger partial charge in [-0.1, -0.05) is 12.2 Å². The molecule has 1 aromatic carbocycles. The molecule has 1 saturated heterocycles. The average Bonchev–Trinajstić information content (AvgIpc) is 3.19. The van der Waals surface area contributed by atoms with Gasteiger partial charge in [-0.2, -0.15) is 0 Å². The number of ether oxygens (including phenoxy) is 1. The van der Waals surface area contributed by atoms with Crippen LogP contribution >= 0.6 is 0 Å². The summed E-state index contributed by atoms with van der Waals surface area (Å²) < 4.78 is 31.4. The van der Waals surface area contributed by atoms with Gasteiger partial charge in [-0.15, -0.1) is 0 Å². The van der Waals surface area contributed by atoms with Crippen molar-refractivity contribution in [3.05, 3.63) is 52.0 Å². The molecule has 1 atom stereocenters. The standard InChI is InChI=1S/C24H26N2O5S/c1-25-14-20(17-4-3-5-18(17)23(25)28)19-12-16(32(2,29)30)6-7-21(19)26-10-8-24(9-11-26)13-22(24)31-15-27/h3-4,6-7,12,14-15,22H,5,8-11,13H2,1-2H3. The third-order valence-corrected chi connectivity index (χ3v) is 8.35. The number of sulfone groups is 1. The monoisotopic (exact) mass is 454 g/mol. The van der Waals surface area contributed by atoms with Crippen molar-refractivity contribution in [1.29, 1.82) is 0 Å². The summed E-state index contributed by atoms with van der Waals surface area (Å²) in [5.41, 5.74) is 4.32. The number of rotatable bonds is 5. The number of fused-ring (bicyclic) bond motifs is 1. The summed E-state index contributed by atoms with van der Waals surface area (Å²) in [4.78, 5) is 25.9. The quantitative estimate of drug-likeness (QED) is 0.646. The zero-order valence-electron chi connectivity index (χ0n) is 18.2. The van der Waals surface area contributed by atoms with Gasteiger partial charge in [0.1, 0.15) is 6.10 Å². The number of hydrogen-bond acceptors (Lipinski definition) is 6. The highest BCUT2D eigenvalue weighted by atomic mass is 32.2. The summed E-state index contributed by atoms with van der Waals surface area (Å²) in [6.07, 6.45) is 10.3. The van der Waals surface area contributed by atoms with Crippen LogP contribution < -0.4 is 10.5 Å². The van der Waals surface area contributed by atoms with Crippen LogP contribution in [-0.2, 0) is 32.8 Å². The van der Waals surface area contributed by atoms with Crippen molar-refractivity contribution in [2.45, 2.75) is 36.7 Å². The van der Waals surface area contributed by atoms with E-state index in [0.29, 0.717) is 12.9 Å². The highest BCUT2D eigenvalue weighted by Crippen LogP contribution is 2.56. The molecule has 2 aromatic rings. The van der Waals surface area contributed by atoms with Gasteiger partial charge in [0, 0.05) is 60.4 Å². The molecule has 2 heterocycles. The van der Waals surface area contributed by atoms with Crippen LogP contribution in [0.2, 0.25) is 0 Å². The van der Waals surface area contributed by atoms with E-state index in [0.717, 1.165) is 60.3 Å². The molecular weight excluding hydrogens is 428 g/mol. The topological polar surface area (TPSA) is 85.7 Å². The minimum absolute atomic E-state index is 0.0197. The maximum atomic E-state index is 12.6. The van der Waals surface area contributed by atoms with E-state index in [1.165, 1.54) is 6.26 Å². The number of hydrogen-bond donors (Lipinski definition) is 0. The smallest absolute Gasteiger partial charge is 0.293 e. The van der Waals surface area contributed by atoms with Crippen molar-refractivity contribution in [2.24, 2.45) is 12.5 Å². The number of carbonyl (C=O) groups excluding carboxylic acids is 1. The molecule has 1 aromatic heterocycles. The second-order valence-corrected chi connectivity index (χ2v) is 11.2. The fourth-order valence-corrected chi connectivity index (χ4v) is 5.88. The number of nitrogens with zero attached hydrogens (tertiary/aromatic N) is 2. The Morgan fingerprint density at radius 1 is 1.19 bits per heavy atom. The first-order valence-corrected chi connectivity index (χ1v) is 12.7. The molecule has 1 unspecified atom stereocenters. The number of allylic oxidation sites excluding steroid dienone is 1. The molecule has 0 amide bonds. The van der Waals surface area contributed by atoms with Crippen LogP contribution in [0.5, 0.6) is 0 Å². The lowest BCUT2D eigenvalue weighted by atomic mass is 9.91. The SMILES string of the molecule is Cn1cc(-c2cc(S(C)(=O)=O)ccc2N2CCC3(CC2)CC3OC=O)c2c(c1=O)CC=C2. The van der Waals surface area contributed by atoms with E-state index in [1.54, 1.807) is 23.7 Å². The zero-order chi connectivity index (χ0) is 22.7. The molecular formula is C24H26N2O5S. The molecule has 32 heavy (non-hydrogen) atoms. The van der Waals surface area contributed by atoms with Crippen molar-refractivity contribution >= 4 is 28.1 Å². The van der Waals surface area contributed by atoms with E-state index in [1.807, 2.05) is 24.4 Å².